The Kier molecular flexibility index (Phi) is 4.98. The third kappa shape index (κ3) is 4.10. The van der Waals surface area contributed by atoms with Gasteiger partial charge in [-0.2, -0.15) is 0 Å². The molecule has 2 rings (SSSR count). The van der Waals surface area contributed by atoms with E-state index < -0.39 is 0 Å². The molecular formula is C15H17N3O3. The Hall–Kier alpha value is -2.76. The molecule has 0 aliphatic heterocycles. The van der Waals surface area contributed by atoms with Gasteiger partial charge in [0.2, 0.25) is 5.88 Å². The molecule has 0 saturated heterocycles. The quantitative estimate of drug-likeness (QED) is 0.886. The lowest BCUT2D eigenvalue weighted by Gasteiger charge is -2.10. The number of nitrogens with one attached hydrogen (secondary N) is 2. The normalized spacial score (nSPS) is 9.81. The smallest absolute Gasteiger partial charge is 0.319 e. The number of anilines is 1. The van der Waals surface area contributed by atoms with Crippen molar-refractivity contribution < 1.29 is 14.3 Å². The van der Waals surface area contributed by atoms with Gasteiger partial charge in [0.25, 0.3) is 0 Å². The molecule has 0 aliphatic carbocycles. The standard InChI is InChI=1S/C15H17N3O3/c1-20-13-6-4-3-5-11(13)9-17-15(19)18-12-7-8-14(21-2)16-10-12/h3-8,10H,9H2,1-2H3,(H2,17,18,19). The summed E-state index contributed by atoms with van der Waals surface area (Å²) < 4.78 is 10.2. The van der Waals surface area contributed by atoms with Crippen molar-refractivity contribution in [3.05, 3.63) is 48.2 Å². The molecule has 2 amide bonds. The first-order valence-corrected chi connectivity index (χ1v) is 6.39. The second-order valence-corrected chi connectivity index (χ2v) is 4.21. The Balaban J connectivity index is 1.89. The van der Waals surface area contributed by atoms with E-state index in [4.69, 9.17) is 9.47 Å². The lowest BCUT2D eigenvalue weighted by Crippen LogP contribution is -2.28. The van der Waals surface area contributed by atoms with E-state index in [9.17, 15) is 4.79 Å². The number of hydrogen-bond donors (Lipinski definition) is 2. The molecule has 0 atom stereocenters. The third-order valence-electron chi connectivity index (χ3n) is 2.84. The van der Waals surface area contributed by atoms with Crippen molar-refractivity contribution in [1.82, 2.24) is 10.3 Å². The van der Waals surface area contributed by atoms with Crippen molar-refractivity contribution in [1.29, 1.82) is 0 Å². The maximum atomic E-state index is 11.8. The SMILES string of the molecule is COc1ccc(NC(=O)NCc2ccccc2OC)cn1. The summed E-state index contributed by atoms with van der Waals surface area (Å²) in [6.07, 6.45) is 1.53. The maximum Gasteiger partial charge on any atom is 0.319 e. The first kappa shape index (κ1) is 14.6. The minimum Gasteiger partial charge on any atom is -0.496 e. The number of pyridine rings is 1. The number of amides is 2. The Morgan fingerprint density at radius 3 is 2.62 bits per heavy atom. The lowest BCUT2D eigenvalue weighted by atomic mass is 10.2. The van der Waals surface area contributed by atoms with E-state index in [-0.39, 0.29) is 6.03 Å². The first-order chi connectivity index (χ1) is 10.2. The number of benzene rings is 1. The van der Waals surface area contributed by atoms with Crippen LogP contribution in [-0.4, -0.2) is 25.2 Å². The molecule has 0 bridgehead atoms. The van der Waals surface area contributed by atoms with E-state index in [2.05, 4.69) is 15.6 Å². The van der Waals surface area contributed by atoms with Crippen molar-refractivity contribution in [2.75, 3.05) is 19.5 Å². The molecule has 2 aromatic rings. The molecule has 0 spiro atoms. The highest BCUT2D eigenvalue weighted by atomic mass is 16.5. The van der Waals surface area contributed by atoms with Crippen LogP contribution in [0, 0.1) is 0 Å². The van der Waals surface area contributed by atoms with Crippen LogP contribution in [0.15, 0.2) is 42.6 Å². The molecular weight excluding hydrogens is 270 g/mol. The first-order valence-electron chi connectivity index (χ1n) is 6.39. The summed E-state index contributed by atoms with van der Waals surface area (Å²) in [5, 5.41) is 5.45. The highest BCUT2D eigenvalue weighted by molar-refractivity contribution is 5.89. The van der Waals surface area contributed by atoms with Crippen molar-refractivity contribution >= 4 is 11.7 Å². The average molecular weight is 287 g/mol. The summed E-state index contributed by atoms with van der Waals surface area (Å²) in [5.41, 5.74) is 1.50. The summed E-state index contributed by atoms with van der Waals surface area (Å²) in [7, 11) is 3.14. The predicted molar refractivity (Wildman–Crippen MR) is 79.6 cm³/mol. The van der Waals surface area contributed by atoms with E-state index in [0.29, 0.717) is 18.1 Å². The highest BCUT2D eigenvalue weighted by Gasteiger charge is 2.05. The summed E-state index contributed by atoms with van der Waals surface area (Å²) in [6, 6.07) is 10.6. The van der Waals surface area contributed by atoms with Gasteiger partial charge in [0.1, 0.15) is 5.75 Å². The summed E-state index contributed by atoms with van der Waals surface area (Å²) in [4.78, 5) is 15.8. The fourth-order valence-electron chi connectivity index (χ4n) is 1.77. The molecule has 0 aliphatic rings. The highest BCUT2D eigenvalue weighted by Crippen LogP contribution is 2.16. The van der Waals surface area contributed by atoms with Gasteiger partial charge in [-0.3, -0.25) is 0 Å². The third-order valence-corrected chi connectivity index (χ3v) is 2.84. The van der Waals surface area contributed by atoms with E-state index >= 15 is 0 Å². The fourth-order valence-corrected chi connectivity index (χ4v) is 1.77. The zero-order valence-electron chi connectivity index (χ0n) is 11.9. The molecule has 0 saturated carbocycles. The number of carbonyl (C=O) groups excluding carboxylic acids is 1. The van der Waals surface area contributed by atoms with E-state index in [1.165, 1.54) is 13.3 Å². The molecule has 1 heterocycles. The second-order valence-electron chi connectivity index (χ2n) is 4.21. The van der Waals surface area contributed by atoms with Gasteiger partial charge in [0, 0.05) is 18.2 Å². The lowest BCUT2D eigenvalue weighted by molar-refractivity contribution is 0.251. The van der Waals surface area contributed by atoms with Gasteiger partial charge >= 0.3 is 6.03 Å². The second kappa shape index (κ2) is 7.14. The molecule has 21 heavy (non-hydrogen) atoms. The molecule has 1 aromatic carbocycles. The summed E-state index contributed by atoms with van der Waals surface area (Å²) >= 11 is 0. The van der Waals surface area contributed by atoms with Gasteiger partial charge in [-0.25, -0.2) is 9.78 Å². The van der Waals surface area contributed by atoms with Crippen molar-refractivity contribution in [2.24, 2.45) is 0 Å². The average Bonchev–Trinajstić information content (AvgIpc) is 2.54. The molecule has 110 valence electrons. The van der Waals surface area contributed by atoms with Gasteiger partial charge in [0.05, 0.1) is 26.1 Å². The number of ether oxygens (including phenoxy) is 2. The minimum atomic E-state index is -0.312. The Morgan fingerprint density at radius 2 is 1.95 bits per heavy atom. The Morgan fingerprint density at radius 1 is 1.14 bits per heavy atom. The van der Waals surface area contributed by atoms with Crippen LogP contribution < -0.4 is 20.1 Å². The molecule has 0 unspecified atom stereocenters. The van der Waals surface area contributed by atoms with Crippen molar-refractivity contribution in [2.45, 2.75) is 6.54 Å². The van der Waals surface area contributed by atoms with Crippen molar-refractivity contribution in [3.63, 3.8) is 0 Å². The summed E-state index contributed by atoms with van der Waals surface area (Å²) in [5.74, 6) is 1.24. The largest absolute Gasteiger partial charge is 0.496 e. The van der Waals surface area contributed by atoms with Crippen LogP contribution in [0.5, 0.6) is 11.6 Å². The van der Waals surface area contributed by atoms with Gasteiger partial charge < -0.3 is 20.1 Å². The monoisotopic (exact) mass is 287 g/mol. The van der Waals surface area contributed by atoms with E-state index in [1.54, 1.807) is 19.2 Å². The van der Waals surface area contributed by atoms with Gasteiger partial charge in [-0.15, -0.1) is 0 Å². The fraction of sp³-hybridized carbons (Fsp3) is 0.200. The topological polar surface area (TPSA) is 72.5 Å². The molecule has 1 aromatic heterocycles. The number of nitrogens with zero attached hydrogens (tertiary/aromatic N) is 1. The van der Waals surface area contributed by atoms with Crippen LogP contribution in [0.1, 0.15) is 5.56 Å². The number of urea groups is 1. The molecule has 2 N–H and O–H groups in total. The number of hydrogen-bond acceptors (Lipinski definition) is 4. The van der Waals surface area contributed by atoms with Crippen LogP contribution >= 0.6 is 0 Å². The van der Waals surface area contributed by atoms with Crippen LogP contribution in [0.4, 0.5) is 10.5 Å². The molecule has 6 nitrogen and oxygen atoms in total. The number of carbonyl (C=O) groups is 1. The van der Waals surface area contributed by atoms with Crippen LogP contribution in [-0.2, 0) is 6.54 Å². The van der Waals surface area contributed by atoms with Crippen LogP contribution in [0.3, 0.4) is 0 Å². The molecule has 6 heteroatoms. The number of aromatic nitrogens is 1. The molecule has 0 radical (unpaired) electrons. The predicted octanol–water partition coefficient (Wildman–Crippen LogP) is 2.42. The number of methoxy groups -OCH3 is 2. The van der Waals surface area contributed by atoms with Crippen LogP contribution in [0.25, 0.3) is 0 Å². The molecule has 0 fully saturated rings. The Labute approximate surface area is 123 Å². The van der Waals surface area contributed by atoms with Gasteiger partial charge in [-0.1, -0.05) is 18.2 Å². The van der Waals surface area contributed by atoms with E-state index in [1.807, 2.05) is 24.3 Å². The minimum absolute atomic E-state index is 0.312. The van der Waals surface area contributed by atoms with E-state index in [0.717, 1.165) is 11.3 Å². The summed E-state index contributed by atoms with van der Waals surface area (Å²) in [6.45, 7) is 0.374. The zero-order valence-corrected chi connectivity index (χ0v) is 11.9. The number of para-hydroxylation sites is 1. The number of rotatable bonds is 5. The Bertz CT molecular complexity index is 599. The van der Waals surface area contributed by atoms with Crippen molar-refractivity contribution in [3.8, 4) is 11.6 Å². The van der Waals surface area contributed by atoms with Crippen LogP contribution in [0.2, 0.25) is 0 Å². The maximum absolute atomic E-state index is 11.8. The zero-order chi connectivity index (χ0) is 15.1. The van der Waals surface area contributed by atoms with Gasteiger partial charge in [0.15, 0.2) is 0 Å². The van der Waals surface area contributed by atoms with Gasteiger partial charge in [-0.05, 0) is 12.1 Å².